The Hall–Kier alpha value is -0.420. The van der Waals surface area contributed by atoms with E-state index in [-0.39, 0.29) is 23.6 Å². The van der Waals surface area contributed by atoms with Crippen LogP contribution in [0.3, 0.4) is 0 Å². The summed E-state index contributed by atoms with van der Waals surface area (Å²) < 4.78 is 23.6. The van der Waals surface area contributed by atoms with Crippen LogP contribution >= 0.6 is 0 Å². The molecule has 1 saturated carbocycles. The summed E-state index contributed by atoms with van der Waals surface area (Å²) in [7, 11) is 1.33. The molecule has 5 heteroatoms. The number of carbonyl (C=O) groups excluding carboxylic acids is 1. The van der Waals surface area contributed by atoms with E-state index in [1.807, 2.05) is 0 Å². The zero-order valence-electron chi connectivity index (χ0n) is 6.91. The van der Waals surface area contributed by atoms with Gasteiger partial charge in [0.05, 0.1) is 19.3 Å². The molecule has 4 nitrogen and oxygen atoms in total. The monoisotopic (exact) mass is 192 g/mol. The van der Waals surface area contributed by atoms with Gasteiger partial charge >= 0.3 is 5.97 Å². The lowest BCUT2D eigenvalue weighted by atomic mass is 10.1. The van der Waals surface area contributed by atoms with E-state index in [1.165, 1.54) is 7.11 Å². The number of hydrogen-bond donors (Lipinski definition) is 1. The highest BCUT2D eigenvalue weighted by atomic mass is 32.2. The van der Waals surface area contributed by atoms with Crippen LogP contribution in [0.15, 0.2) is 0 Å². The molecule has 1 aliphatic carbocycles. The highest BCUT2D eigenvalue weighted by molar-refractivity contribution is 7.79. The molecule has 1 unspecified atom stereocenters. The molecule has 0 aromatic carbocycles. The molecule has 0 amide bonds. The van der Waals surface area contributed by atoms with E-state index >= 15 is 0 Å². The van der Waals surface area contributed by atoms with Gasteiger partial charge in [-0.3, -0.25) is 4.79 Å². The molecule has 1 rings (SSSR count). The number of esters is 1. The zero-order valence-corrected chi connectivity index (χ0v) is 7.73. The van der Waals surface area contributed by atoms with Crippen LogP contribution in [0.1, 0.15) is 19.3 Å². The van der Waals surface area contributed by atoms with Crippen molar-refractivity contribution in [3.63, 3.8) is 0 Å². The van der Waals surface area contributed by atoms with Gasteiger partial charge in [-0.1, -0.05) is 0 Å². The van der Waals surface area contributed by atoms with E-state index in [9.17, 15) is 9.00 Å². The van der Waals surface area contributed by atoms with E-state index in [4.69, 9.17) is 4.55 Å². The van der Waals surface area contributed by atoms with Crippen LogP contribution in [0, 0.1) is 5.41 Å². The molecule has 0 bridgehead atoms. The van der Waals surface area contributed by atoms with Crippen molar-refractivity contribution >= 4 is 17.0 Å². The Morgan fingerprint density at radius 2 is 2.25 bits per heavy atom. The summed E-state index contributed by atoms with van der Waals surface area (Å²) in [5.41, 5.74) is -0.229. The quantitative estimate of drug-likeness (QED) is 0.522. The SMILES string of the molecule is COC(=O)CC1(CS(=O)O)CC1. The molecule has 0 aromatic heterocycles. The molecule has 70 valence electrons. The standard InChI is InChI=1S/C7H12O4S/c1-11-6(8)4-7(2-3-7)5-12(9)10/h2-5H2,1H3,(H,9,10). The van der Waals surface area contributed by atoms with Gasteiger partial charge < -0.3 is 9.29 Å². The minimum absolute atomic E-state index is 0.197. The number of hydrogen-bond acceptors (Lipinski definition) is 3. The molecule has 0 heterocycles. The third-order valence-corrected chi connectivity index (χ3v) is 2.99. The first kappa shape index (κ1) is 9.67. The first-order valence-corrected chi connectivity index (χ1v) is 5.00. The molecule has 0 radical (unpaired) electrons. The first-order chi connectivity index (χ1) is 5.58. The Bertz CT molecular complexity index is 209. The number of ether oxygens (including phenoxy) is 1. The van der Waals surface area contributed by atoms with Gasteiger partial charge in [0.1, 0.15) is 0 Å². The summed E-state index contributed by atoms with van der Waals surface area (Å²) >= 11 is -1.80. The highest BCUT2D eigenvalue weighted by Crippen LogP contribution is 2.49. The largest absolute Gasteiger partial charge is 0.469 e. The Balaban J connectivity index is 2.39. The fourth-order valence-corrected chi connectivity index (χ4v) is 2.10. The molecule has 0 aromatic rings. The Morgan fingerprint density at radius 3 is 2.58 bits per heavy atom. The maximum Gasteiger partial charge on any atom is 0.306 e. The van der Waals surface area contributed by atoms with Gasteiger partial charge in [-0.2, -0.15) is 0 Å². The molecular weight excluding hydrogens is 180 g/mol. The van der Waals surface area contributed by atoms with Gasteiger partial charge in [0.2, 0.25) is 0 Å². The molecule has 1 fully saturated rings. The molecule has 0 spiro atoms. The second-order valence-electron chi connectivity index (χ2n) is 3.22. The summed E-state index contributed by atoms with van der Waals surface area (Å²) in [5.74, 6) is -0.0970. The predicted octanol–water partition coefficient (Wildman–Crippen LogP) is 0.551. The van der Waals surface area contributed by atoms with Gasteiger partial charge in [-0.25, -0.2) is 4.21 Å². The summed E-state index contributed by atoms with van der Waals surface area (Å²) in [4.78, 5) is 10.8. The van der Waals surface area contributed by atoms with Gasteiger partial charge in [0.25, 0.3) is 0 Å². The van der Waals surface area contributed by atoms with Crippen molar-refractivity contribution < 1.29 is 18.3 Å². The van der Waals surface area contributed by atoms with Gasteiger partial charge in [0.15, 0.2) is 11.1 Å². The van der Waals surface area contributed by atoms with Crippen molar-refractivity contribution in [2.24, 2.45) is 5.41 Å². The summed E-state index contributed by atoms with van der Waals surface area (Å²) in [6.07, 6.45) is 1.98. The Kier molecular flexibility index (Phi) is 2.85. The second-order valence-corrected chi connectivity index (χ2v) is 4.15. The third-order valence-electron chi connectivity index (χ3n) is 2.13. The first-order valence-electron chi connectivity index (χ1n) is 3.72. The molecule has 1 aliphatic rings. The van der Waals surface area contributed by atoms with Crippen LogP contribution in [-0.4, -0.2) is 27.6 Å². The van der Waals surface area contributed by atoms with Crippen molar-refractivity contribution in [3.05, 3.63) is 0 Å². The van der Waals surface area contributed by atoms with Crippen LogP contribution in [0.4, 0.5) is 0 Å². The van der Waals surface area contributed by atoms with Gasteiger partial charge in [-0.05, 0) is 18.3 Å². The van der Waals surface area contributed by atoms with Crippen molar-refractivity contribution in [3.8, 4) is 0 Å². The number of methoxy groups -OCH3 is 1. The van der Waals surface area contributed by atoms with E-state index in [2.05, 4.69) is 4.74 Å². The molecular formula is C7H12O4S. The fraction of sp³-hybridized carbons (Fsp3) is 0.857. The van der Waals surface area contributed by atoms with Crippen LogP contribution in [0.2, 0.25) is 0 Å². The van der Waals surface area contributed by atoms with Crippen molar-refractivity contribution in [2.75, 3.05) is 12.9 Å². The minimum Gasteiger partial charge on any atom is -0.469 e. The van der Waals surface area contributed by atoms with Crippen LogP contribution in [-0.2, 0) is 20.6 Å². The molecule has 1 atom stereocenters. The average molecular weight is 192 g/mol. The lowest BCUT2D eigenvalue weighted by Crippen LogP contribution is -2.17. The van der Waals surface area contributed by atoms with Gasteiger partial charge in [-0.15, -0.1) is 0 Å². The third kappa shape index (κ3) is 2.57. The van der Waals surface area contributed by atoms with Crippen molar-refractivity contribution in [1.29, 1.82) is 0 Å². The normalized spacial score (nSPS) is 21.5. The van der Waals surface area contributed by atoms with E-state index in [0.29, 0.717) is 0 Å². The predicted molar refractivity (Wildman–Crippen MR) is 43.9 cm³/mol. The lowest BCUT2D eigenvalue weighted by Gasteiger charge is -2.09. The Morgan fingerprint density at radius 1 is 1.67 bits per heavy atom. The minimum atomic E-state index is -1.80. The topological polar surface area (TPSA) is 63.6 Å². The van der Waals surface area contributed by atoms with E-state index in [0.717, 1.165) is 12.8 Å². The fourth-order valence-electron chi connectivity index (χ4n) is 1.19. The molecule has 12 heavy (non-hydrogen) atoms. The molecule has 0 saturated heterocycles. The zero-order chi connectivity index (χ0) is 9.19. The van der Waals surface area contributed by atoms with E-state index in [1.54, 1.807) is 0 Å². The summed E-state index contributed by atoms with van der Waals surface area (Å²) in [6, 6.07) is 0. The number of carbonyl (C=O) groups is 1. The lowest BCUT2D eigenvalue weighted by molar-refractivity contribution is -0.141. The summed E-state index contributed by atoms with van der Waals surface area (Å²) in [5, 5.41) is 0. The molecule has 1 N–H and O–H groups in total. The average Bonchev–Trinajstić information content (AvgIpc) is 2.67. The highest BCUT2D eigenvalue weighted by Gasteiger charge is 2.45. The maximum atomic E-state index is 10.8. The van der Waals surface area contributed by atoms with Crippen LogP contribution in [0.5, 0.6) is 0 Å². The maximum absolute atomic E-state index is 10.8. The van der Waals surface area contributed by atoms with Crippen molar-refractivity contribution in [1.82, 2.24) is 0 Å². The Labute approximate surface area is 73.6 Å². The van der Waals surface area contributed by atoms with Crippen LogP contribution in [0.25, 0.3) is 0 Å². The summed E-state index contributed by atoms with van der Waals surface area (Å²) in [6.45, 7) is 0. The van der Waals surface area contributed by atoms with Crippen molar-refractivity contribution in [2.45, 2.75) is 19.3 Å². The van der Waals surface area contributed by atoms with E-state index < -0.39 is 11.1 Å². The van der Waals surface area contributed by atoms with Crippen LogP contribution < -0.4 is 0 Å². The molecule has 0 aliphatic heterocycles. The smallest absolute Gasteiger partial charge is 0.306 e. The second kappa shape index (κ2) is 3.53. The van der Waals surface area contributed by atoms with Gasteiger partial charge in [0, 0.05) is 0 Å². The number of rotatable bonds is 4.